The summed E-state index contributed by atoms with van der Waals surface area (Å²) in [5.41, 5.74) is 11.8. The van der Waals surface area contributed by atoms with Crippen LogP contribution in [-0.2, 0) is 0 Å². The van der Waals surface area contributed by atoms with Gasteiger partial charge in [0, 0.05) is 19.1 Å². The van der Waals surface area contributed by atoms with E-state index in [0.29, 0.717) is 12.0 Å². The molecule has 0 aliphatic carbocycles. The van der Waals surface area contributed by atoms with Crippen LogP contribution < -0.4 is 16.8 Å². The van der Waals surface area contributed by atoms with Crippen molar-refractivity contribution in [2.45, 2.75) is 51.7 Å². The van der Waals surface area contributed by atoms with E-state index in [-0.39, 0.29) is 5.41 Å². The molecule has 3 aliphatic rings. The number of nitrogens with zero attached hydrogens (tertiary/aromatic N) is 3. The number of guanidine groups is 1. The molecule has 0 spiro atoms. The second-order valence-electron chi connectivity index (χ2n) is 8.18. The van der Waals surface area contributed by atoms with Crippen LogP contribution in [0.4, 0.5) is 0 Å². The van der Waals surface area contributed by atoms with Gasteiger partial charge in [0.25, 0.3) is 0 Å². The van der Waals surface area contributed by atoms with Crippen molar-refractivity contribution in [2.24, 2.45) is 21.9 Å². The minimum absolute atomic E-state index is 0.102. The van der Waals surface area contributed by atoms with Gasteiger partial charge >= 0.3 is 0 Å². The van der Waals surface area contributed by atoms with E-state index in [1.165, 1.54) is 25.9 Å². The van der Waals surface area contributed by atoms with Crippen LogP contribution in [0.25, 0.3) is 0 Å². The lowest BCUT2D eigenvalue weighted by Crippen LogP contribution is -2.62. The second-order valence-corrected chi connectivity index (χ2v) is 8.18. The highest BCUT2D eigenvalue weighted by molar-refractivity contribution is 5.81. The first-order chi connectivity index (χ1) is 10.2. The van der Waals surface area contributed by atoms with Crippen molar-refractivity contribution in [3.8, 4) is 0 Å². The first-order valence-corrected chi connectivity index (χ1v) is 8.37. The normalized spacial score (nSPS) is 30.6. The molecule has 6 heteroatoms. The maximum absolute atomic E-state index is 6.48. The van der Waals surface area contributed by atoms with Gasteiger partial charge in [0.2, 0.25) is 0 Å². The number of likely N-dealkylation sites (tertiary alicyclic amines) is 2. The first kappa shape index (κ1) is 15.6. The van der Waals surface area contributed by atoms with Gasteiger partial charge in [0.05, 0.1) is 0 Å². The zero-order valence-corrected chi connectivity index (χ0v) is 14.1. The standard InChI is InChI=1S/C16H30N6/c1-15(2,3)11-16(18)8-13(19-14(17)20-16)22-9-12(10-22)21-6-4-5-7-21/h8,12H,4-7,9-11,18H2,1-3H3,(H3,17,19,20). The van der Waals surface area contributed by atoms with E-state index >= 15 is 0 Å². The van der Waals surface area contributed by atoms with Crippen LogP contribution in [0.2, 0.25) is 0 Å². The lowest BCUT2D eigenvalue weighted by molar-refractivity contribution is 0.0697. The van der Waals surface area contributed by atoms with E-state index in [2.05, 4.69) is 47.0 Å². The Bertz CT molecular complexity index is 479. The summed E-state index contributed by atoms with van der Waals surface area (Å²) in [5.74, 6) is 1.45. The van der Waals surface area contributed by atoms with Gasteiger partial charge in [0.1, 0.15) is 11.5 Å². The molecule has 0 amide bonds. The third kappa shape index (κ3) is 3.38. The van der Waals surface area contributed by atoms with Crippen molar-refractivity contribution in [3.63, 3.8) is 0 Å². The Morgan fingerprint density at radius 2 is 1.95 bits per heavy atom. The summed E-state index contributed by atoms with van der Waals surface area (Å²) in [6.45, 7) is 11.1. The van der Waals surface area contributed by atoms with Crippen LogP contribution in [0, 0.1) is 5.41 Å². The summed E-state index contributed by atoms with van der Waals surface area (Å²) in [4.78, 5) is 9.36. The van der Waals surface area contributed by atoms with E-state index in [1.807, 2.05) is 0 Å². The molecule has 124 valence electrons. The van der Waals surface area contributed by atoms with Crippen molar-refractivity contribution in [1.29, 1.82) is 0 Å². The van der Waals surface area contributed by atoms with Gasteiger partial charge in [0.15, 0.2) is 5.96 Å². The smallest absolute Gasteiger partial charge is 0.196 e. The maximum atomic E-state index is 6.48. The topological polar surface area (TPSA) is 82.9 Å². The molecule has 5 N–H and O–H groups in total. The molecule has 3 heterocycles. The van der Waals surface area contributed by atoms with E-state index in [1.54, 1.807) is 0 Å². The predicted molar refractivity (Wildman–Crippen MR) is 90.0 cm³/mol. The van der Waals surface area contributed by atoms with Gasteiger partial charge in [-0.25, -0.2) is 4.99 Å². The molecule has 0 aromatic carbocycles. The SMILES string of the molecule is CC(C)(C)CC1(N)C=C(N2CC(N3CCCC3)C2)NC(N)=N1. The van der Waals surface area contributed by atoms with Crippen molar-refractivity contribution in [2.75, 3.05) is 26.2 Å². The molecule has 2 fully saturated rings. The largest absolute Gasteiger partial charge is 0.370 e. The predicted octanol–water partition coefficient (Wildman–Crippen LogP) is 0.617. The lowest BCUT2D eigenvalue weighted by Gasteiger charge is -2.47. The third-order valence-corrected chi connectivity index (χ3v) is 4.64. The first-order valence-electron chi connectivity index (χ1n) is 8.37. The highest BCUT2D eigenvalue weighted by Crippen LogP contribution is 2.31. The summed E-state index contributed by atoms with van der Waals surface area (Å²) in [6.07, 6.45) is 5.51. The number of nitrogens with one attached hydrogen (secondary N) is 1. The number of aliphatic imine (C=N–C) groups is 1. The van der Waals surface area contributed by atoms with Gasteiger partial charge in [-0.05, 0) is 43.8 Å². The highest BCUT2D eigenvalue weighted by atomic mass is 15.4. The Kier molecular flexibility index (Phi) is 3.85. The van der Waals surface area contributed by atoms with Gasteiger partial charge in [-0.15, -0.1) is 0 Å². The van der Waals surface area contributed by atoms with E-state index < -0.39 is 5.66 Å². The Morgan fingerprint density at radius 1 is 1.32 bits per heavy atom. The number of rotatable bonds is 3. The molecule has 3 rings (SSSR count). The minimum Gasteiger partial charge on any atom is -0.370 e. The average Bonchev–Trinajstić information content (AvgIpc) is 2.75. The molecule has 1 unspecified atom stereocenters. The fourth-order valence-corrected chi connectivity index (χ4v) is 3.79. The minimum atomic E-state index is -0.707. The Balaban J connectivity index is 1.65. The summed E-state index contributed by atoms with van der Waals surface area (Å²) in [7, 11) is 0. The Hall–Kier alpha value is -1.27. The molecule has 2 saturated heterocycles. The Morgan fingerprint density at radius 3 is 2.55 bits per heavy atom. The fraction of sp³-hybridized carbons (Fsp3) is 0.812. The average molecular weight is 306 g/mol. The van der Waals surface area contributed by atoms with Gasteiger partial charge in [-0.3, -0.25) is 4.90 Å². The zero-order chi connectivity index (χ0) is 16.0. The summed E-state index contributed by atoms with van der Waals surface area (Å²) in [5, 5.41) is 3.19. The highest BCUT2D eigenvalue weighted by Gasteiger charge is 2.38. The van der Waals surface area contributed by atoms with Crippen molar-refractivity contribution in [3.05, 3.63) is 11.9 Å². The quantitative estimate of drug-likeness (QED) is 0.712. The van der Waals surface area contributed by atoms with Crippen LogP contribution in [0.5, 0.6) is 0 Å². The monoisotopic (exact) mass is 306 g/mol. The fourth-order valence-electron chi connectivity index (χ4n) is 3.79. The summed E-state index contributed by atoms with van der Waals surface area (Å²) >= 11 is 0. The van der Waals surface area contributed by atoms with Crippen molar-refractivity contribution < 1.29 is 0 Å². The molecule has 0 aromatic rings. The molecule has 22 heavy (non-hydrogen) atoms. The van der Waals surface area contributed by atoms with Gasteiger partial charge in [-0.1, -0.05) is 20.8 Å². The molecule has 0 bridgehead atoms. The van der Waals surface area contributed by atoms with Crippen LogP contribution >= 0.6 is 0 Å². The summed E-state index contributed by atoms with van der Waals surface area (Å²) < 4.78 is 0. The molecule has 0 radical (unpaired) electrons. The lowest BCUT2D eigenvalue weighted by atomic mass is 9.84. The zero-order valence-electron chi connectivity index (χ0n) is 14.1. The molecule has 0 aromatic heterocycles. The second kappa shape index (κ2) is 5.42. The maximum Gasteiger partial charge on any atom is 0.196 e. The molecule has 0 saturated carbocycles. The third-order valence-electron chi connectivity index (χ3n) is 4.64. The molecular weight excluding hydrogens is 276 g/mol. The van der Waals surface area contributed by atoms with E-state index in [4.69, 9.17) is 11.5 Å². The number of hydrogen-bond acceptors (Lipinski definition) is 6. The van der Waals surface area contributed by atoms with Crippen molar-refractivity contribution >= 4 is 5.96 Å². The molecule has 3 aliphatic heterocycles. The van der Waals surface area contributed by atoms with Gasteiger partial charge in [-0.2, -0.15) is 0 Å². The van der Waals surface area contributed by atoms with Crippen LogP contribution in [0.3, 0.4) is 0 Å². The number of nitrogens with two attached hydrogens (primary N) is 2. The van der Waals surface area contributed by atoms with Crippen LogP contribution in [0.1, 0.15) is 40.0 Å². The summed E-state index contributed by atoms with van der Waals surface area (Å²) in [6, 6.07) is 0.681. The van der Waals surface area contributed by atoms with Gasteiger partial charge < -0.3 is 21.7 Å². The van der Waals surface area contributed by atoms with Crippen LogP contribution in [-0.4, -0.2) is 53.6 Å². The molecule has 1 atom stereocenters. The van der Waals surface area contributed by atoms with Crippen molar-refractivity contribution in [1.82, 2.24) is 15.1 Å². The Labute approximate surface area is 133 Å². The molecular formula is C16H30N6. The van der Waals surface area contributed by atoms with Crippen LogP contribution in [0.15, 0.2) is 16.9 Å². The number of hydrogen-bond donors (Lipinski definition) is 3. The van der Waals surface area contributed by atoms with E-state index in [9.17, 15) is 0 Å². The van der Waals surface area contributed by atoms with E-state index in [0.717, 1.165) is 25.3 Å². The molecule has 6 nitrogen and oxygen atoms in total.